The van der Waals surface area contributed by atoms with Crippen LogP contribution in [0, 0.1) is 0 Å². The molecular formula is C8H10O2. The molecular weight excluding hydrogens is 128 g/mol. The monoisotopic (exact) mass is 138 g/mol. The first kappa shape index (κ1) is 7.06. The molecule has 0 saturated carbocycles. The Bertz CT molecular complexity index is 260. The van der Waals surface area contributed by atoms with Crippen molar-refractivity contribution in [3.63, 3.8) is 0 Å². The molecule has 0 aliphatic heterocycles. The van der Waals surface area contributed by atoms with Crippen molar-refractivity contribution in [2.75, 3.05) is 0 Å². The number of rotatable bonds is 1. The zero-order valence-electron chi connectivity index (χ0n) is 6.13. The summed E-state index contributed by atoms with van der Waals surface area (Å²) in [6.45, 7) is 3.97. The summed E-state index contributed by atoms with van der Waals surface area (Å²) in [6, 6.07) is 4.93. The molecule has 0 amide bonds. The quantitative estimate of drug-likeness (QED) is 0.592. The van der Waals surface area contributed by atoms with Gasteiger partial charge in [0.1, 0.15) is 5.76 Å². The molecule has 0 fully saturated rings. The molecule has 2 heteroatoms. The normalized spacial score (nSPS) is 10.3. The predicted molar refractivity (Wildman–Crippen MR) is 39.1 cm³/mol. The predicted octanol–water partition coefficient (Wildman–Crippen LogP) is 1.76. The van der Waals surface area contributed by atoms with Crippen LogP contribution in [0.1, 0.15) is 25.5 Å². The first-order valence-corrected chi connectivity index (χ1v) is 3.30. The lowest BCUT2D eigenvalue weighted by Crippen LogP contribution is -1.98. The minimum atomic E-state index is -0.272. The van der Waals surface area contributed by atoms with Crippen LogP contribution in [0.15, 0.2) is 27.4 Å². The van der Waals surface area contributed by atoms with Crippen LogP contribution in [0.5, 0.6) is 0 Å². The summed E-state index contributed by atoms with van der Waals surface area (Å²) in [5.41, 5.74) is -0.272. The Morgan fingerprint density at radius 2 is 2.10 bits per heavy atom. The molecule has 0 atom stereocenters. The lowest BCUT2D eigenvalue weighted by atomic mass is 10.1. The van der Waals surface area contributed by atoms with Gasteiger partial charge in [-0.1, -0.05) is 19.9 Å². The van der Waals surface area contributed by atoms with Gasteiger partial charge in [-0.3, -0.25) is 0 Å². The lowest BCUT2D eigenvalue weighted by Gasteiger charge is -1.99. The summed E-state index contributed by atoms with van der Waals surface area (Å²) in [7, 11) is 0. The Balaban J connectivity index is 3.07. The van der Waals surface area contributed by atoms with Crippen LogP contribution in [0.2, 0.25) is 0 Å². The van der Waals surface area contributed by atoms with Crippen molar-refractivity contribution in [3.8, 4) is 0 Å². The summed E-state index contributed by atoms with van der Waals surface area (Å²) in [6.07, 6.45) is 0. The van der Waals surface area contributed by atoms with E-state index in [0.717, 1.165) is 5.76 Å². The highest BCUT2D eigenvalue weighted by molar-refractivity contribution is 5.02. The van der Waals surface area contributed by atoms with Gasteiger partial charge in [0.05, 0.1) is 0 Å². The molecule has 0 N–H and O–H groups in total. The summed E-state index contributed by atoms with van der Waals surface area (Å²) >= 11 is 0. The topological polar surface area (TPSA) is 30.2 Å². The van der Waals surface area contributed by atoms with Gasteiger partial charge in [-0.2, -0.15) is 0 Å². The van der Waals surface area contributed by atoms with Gasteiger partial charge in [0.15, 0.2) is 0 Å². The SMILES string of the molecule is CC(C)c1cccc(=O)o1. The fourth-order valence-electron chi connectivity index (χ4n) is 0.716. The Labute approximate surface area is 59.5 Å². The molecule has 0 radical (unpaired) electrons. The largest absolute Gasteiger partial charge is 0.428 e. The van der Waals surface area contributed by atoms with E-state index in [-0.39, 0.29) is 11.5 Å². The first-order valence-electron chi connectivity index (χ1n) is 3.30. The van der Waals surface area contributed by atoms with Crippen LogP contribution in [-0.2, 0) is 0 Å². The summed E-state index contributed by atoms with van der Waals surface area (Å²) in [5.74, 6) is 1.03. The van der Waals surface area contributed by atoms with Crippen molar-refractivity contribution in [3.05, 3.63) is 34.4 Å². The summed E-state index contributed by atoms with van der Waals surface area (Å²) in [5, 5.41) is 0. The lowest BCUT2D eigenvalue weighted by molar-refractivity contribution is 0.440. The molecule has 2 nitrogen and oxygen atoms in total. The highest BCUT2D eigenvalue weighted by atomic mass is 16.4. The van der Waals surface area contributed by atoms with E-state index < -0.39 is 0 Å². The average molecular weight is 138 g/mol. The maximum absolute atomic E-state index is 10.6. The van der Waals surface area contributed by atoms with Crippen molar-refractivity contribution in [1.29, 1.82) is 0 Å². The van der Waals surface area contributed by atoms with Crippen LogP contribution in [0.25, 0.3) is 0 Å². The third-order valence-electron chi connectivity index (χ3n) is 1.28. The van der Waals surface area contributed by atoms with Crippen molar-refractivity contribution in [1.82, 2.24) is 0 Å². The number of hydrogen-bond acceptors (Lipinski definition) is 2. The van der Waals surface area contributed by atoms with Gasteiger partial charge in [0, 0.05) is 12.0 Å². The van der Waals surface area contributed by atoms with Gasteiger partial charge in [0.25, 0.3) is 0 Å². The van der Waals surface area contributed by atoms with Crippen molar-refractivity contribution in [2.45, 2.75) is 19.8 Å². The van der Waals surface area contributed by atoms with Crippen molar-refractivity contribution < 1.29 is 4.42 Å². The molecule has 0 saturated heterocycles. The zero-order chi connectivity index (χ0) is 7.56. The average Bonchev–Trinajstić information content (AvgIpc) is 1.88. The van der Waals surface area contributed by atoms with Gasteiger partial charge in [-0.25, -0.2) is 4.79 Å². The molecule has 0 aliphatic carbocycles. The Morgan fingerprint density at radius 1 is 1.40 bits per heavy atom. The van der Waals surface area contributed by atoms with E-state index in [0.29, 0.717) is 0 Å². The smallest absolute Gasteiger partial charge is 0.335 e. The summed E-state index contributed by atoms with van der Waals surface area (Å²) < 4.78 is 4.88. The summed E-state index contributed by atoms with van der Waals surface area (Å²) in [4.78, 5) is 10.6. The van der Waals surface area contributed by atoms with Crippen LogP contribution >= 0.6 is 0 Å². The van der Waals surface area contributed by atoms with Gasteiger partial charge in [-0.05, 0) is 6.07 Å². The molecule has 54 valence electrons. The molecule has 10 heavy (non-hydrogen) atoms. The Kier molecular flexibility index (Phi) is 1.90. The fourth-order valence-corrected chi connectivity index (χ4v) is 0.716. The molecule has 0 unspecified atom stereocenters. The third-order valence-corrected chi connectivity index (χ3v) is 1.28. The Hall–Kier alpha value is -1.05. The van der Waals surface area contributed by atoms with E-state index in [1.165, 1.54) is 6.07 Å². The van der Waals surface area contributed by atoms with Gasteiger partial charge in [0.2, 0.25) is 0 Å². The van der Waals surface area contributed by atoms with Crippen LogP contribution in [-0.4, -0.2) is 0 Å². The van der Waals surface area contributed by atoms with Crippen molar-refractivity contribution >= 4 is 0 Å². The van der Waals surface area contributed by atoms with Crippen LogP contribution in [0.3, 0.4) is 0 Å². The second kappa shape index (κ2) is 2.69. The molecule has 1 aromatic rings. The minimum Gasteiger partial charge on any atom is -0.428 e. The maximum atomic E-state index is 10.6. The standard InChI is InChI=1S/C8H10O2/c1-6(2)7-4-3-5-8(9)10-7/h3-6H,1-2H3. The van der Waals surface area contributed by atoms with Gasteiger partial charge < -0.3 is 4.42 Å². The van der Waals surface area contributed by atoms with E-state index in [9.17, 15) is 4.79 Å². The van der Waals surface area contributed by atoms with Gasteiger partial charge in [-0.15, -0.1) is 0 Å². The minimum absolute atomic E-state index is 0.272. The van der Waals surface area contributed by atoms with Crippen LogP contribution < -0.4 is 5.63 Å². The van der Waals surface area contributed by atoms with E-state index in [1.807, 2.05) is 19.9 Å². The second-order valence-electron chi connectivity index (χ2n) is 2.50. The zero-order valence-corrected chi connectivity index (χ0v) is 6.13. The molecule has 0 aromatic carbocycles. The fraction of sp³-hybridized carbons (Fsp3) is 0.375. The Morgan fingerprint density at radius 3 is 2.50 bits per heavy atom. The third kappa shape index (κ3) is 1.47. The second-order valence-corrected chi connectivity index (χ2v) is 2.50. The number of hydrogen-bond donors (Lipinski definition) is 0. The molecule has 1 heterocycles. The van der Waals surface area contributed by atoms with Gasteiger partial charge >= 0.3 is 5.63 Å². The molecule has 1 rings (SSSR count). The molecule has 1 aromatic heterocycles. The van der Waals surface area contributed by atoms with E-state index in [2.05, 4.69) is 0 Å². The van der Waals surface area contributed by atoms with E-state index >= 15 is 0 Å². The molecule has 0 bridgehead atoms. The molecule has 0 aliphatic rings. The first-order chi connectivity index (χ1) is 4.70. The van der Waals surface area contributed by atoms with Crippen molar-refractivity contribution in [2.24, 2.45) is 0 Å². The van der Waals surface area contributed by atoms with E-state index in [4.69, 9.17) is 4.42 Å². The highest BCUT2D eigenvalue weighted by Crippen LogP contribution is 2.09. The van der Waals surface area contributed by atoms with Crippen LogP contribution in [0.4, 0.5) is 0 Å². The maximum Gasteiger partial charge on any atom is 0.335 e. The highest BCUT2D eigenvalue weighted by Gasteiger charge is 1.99. The van der Waals surface area contributed by atoms with E-state index in [1.54, 1.807) is 6.07 Å². The molecule has 0 spiro atoms.